The zero-order valence-corrected chi connectivity index (χ0v) is 21.5. The number of hydrogen-bond acceptors (Lipinski definition) is 6. The highest BCUT2D eigenvalue weighted by molar-refractivity contribution is 6.05. The number of hydrogen-bond donors (Lipinski definition) is 2. The third kappa shape index (κ3) is 5.21. The molecule has 200 valence electrons. The molecule has 2 N–H and O–H groups in total. The van der Waals surface area contributed by atoms with Gasteiger partial charge < -0.3 is 19.9 Å². The van der Waals surface area contributed by atoms with Gasteiger partial charge in [0.25, 0.3) is 11.8 Å². The van der Waals surface area contributed by atoms with Gasteiger partial charge in [0, 0.05) is 48.7 Å². The lowest BCUT2D eigenvalue weighted by Gasteiger charge is -2.30. The van der Waals surface area contributed by atoms with E-state index in [9.17, 15) is 24.0 Å². The van der Waals surface area contributed by atoms with Gasteiger partial charge in [-0.1, -0.05) is 17.9 Å². The normalized spacial score (nSPS) is 19.1. The number of anilines is 1. The van der Waals surface area contributed by atoms with Crippen molar-refractivity contribution in [3.63, 3.8) is 0 Å². The van der Waals surface area contributed by atoms with E-state index in [1.54, 1.807) is 35.2 Å². The monoisotopic (exact) mass is 528 g/mol. The zero-order chi connectivity index (χ0) is 27.5. The Kier molecular flexibility index (Phi) is 7.32. The molecule has 0 aliphatic carbocycles. The van der Waals surface area contributed by atoms with E-state index < -0.39 is 11.9 Å². The first-order valence-electron chi connectivity index (χ1n) is 12.8. The summed E-state index contributed by atoms with van der Waals surface area (Å²) in [7, 11) is 1.48. The van der Waals surface area contributed by atoms with E-state index in [4.69, 9.17) is 4.74 Å². The summed E-state index contributed by atoms with van der Waals surface area (Å²) in [5.74, 6) is 6.01. The Morgan fingerprint density at radius 3 is 2.64 bits per heavy atom. The topological polar surface area (TPSA) is 125 Å². The summed E-state index contributed by atoms with van der Waals surface area (Å²) >= 11 is 0. The van der Waals surface area contributed by atoms with Crippen LogP contribution in [0, 0.1) is 17.8 Å². The van der Waals surface area contributed by atoms with Crippen LogP contribution in [0.5, 0.6) is 5.75 Å². The largest absolute Gasteiger partial charge is 0.495 e. The van der Waals surface area contributed by atoms with Gasteiger partial charge in [-0.3, -0.25) is 29.3 Å². The summed E-state index contributed by atoms with van der Waals surface area (Å²) in [6.45, 7) is 1.40. The van der Waals surface area contributed by atoms with Crippen molar-refractivity contribution in [2.24, 2.45) is 5.92 Å². The zero-order valence-electron chi connectivity index (χ0n) is 21.5. The Labute approximate surface area is 225 Å². The SMILES string of the molecule is COc1cc(C(=O)N2CCC(C#Cc3cccc4c3CN(C3CCC(=O)NC3=O)C4=O)CC2)ccc1NC=O. The van der Waals surface area contributed by atoms with Gasteiger partial charge in [-0.15, -0.1) is 0 Å². The molecule has 10 heteroatoms. The number of piperidine rings is 2. The lowest BCUT2D eigenvalue weighted by Crippen LogP contribution is -2.52. The van der Waals surface area contributed by atoms with Gasteiger partial charge in [-0.2, -0.15) is 0 Å². The predicted octanol–water partition coefficient (Wildman–Crippen LogP) is 1.93. The number of fused-ring (bicyclic) bond motifs is 1. The number of amides is 5. The van der Waals surface area contributed by atoms with Crippen molar-refractivity contribution in [1.82, 2.24) is 15.1 Å². The molecule has 2 saturated heterocycles. The van der Waals surface area contributed by atoms with Crippen LogP contribution in [0.15, 0.2) is 36.4 Å². The summed E-state index contributed by atoms with van der Waals surface area (Å²) in [6.07, 6.45) is 2.52. The van der Waals surface area contributed by atoms with Gasteiger partial charge >= 0.3 is 0 Å². The lowest BCUT2D eigenvalue weighted by atomic mass is 9.95. The fourth-order valence-corrected chi connectivity index (χ4v) is 5.30. The predicted molar refractivity (Wildman–Crippen MR) is 141 cm³/mol. The van der Waals surface area contributed by atoms with E-state index >= 15 is 0 Å². The van der Waals surface area contributed by atoms with Crippen molar-refractivity contribution < 1.29 is 28.7 Å². The summed E-state index contributed by atoms with van der Waals surface area (Å²) in [6, 6.07) is 9.68. The van der Waals surface area contributed by atoms with Crippen LogP contribution in [0.2, 0.25) is 0 Å². The molecule has 0 radical (unpaired) electrons. The maximum Gasteiger partial charge on any atom is 0.255 e. The second-order valence-electron chi connectivity index (χ2n) is 9.74. The molecule has 0 saturated carbocycles. The van der Waals surface area contributed by atoms with Crippen molar-refractivity contribution in [3.8, 4) is 17.6 Å². The van der Waals surface area contributed by atoms with Crippen molar-refractivity contribution in [3.05, 3.63) is 58.7 Å². The van der Waals surface area contributed by atoms with Crippen LogP contribution in [0.25, 0.3) is 0 Å². The van der Waals surface area contributed by atoms with Gasteiger partial charge in [0.1, 0.15) is 11.8 Å². The number of nitrogens with one attached hydrogen (secondary N) is 2. The Morgan fingerprint density at radius 1 is 1.13 bits per heavy atom. The maximum absolute atomic E-state index is 13.0. The van der Waals surface area contributed by atoms with Crippen LogP contribution in [0.3, 0.4) is 0 Å². The summed E-state index contributed by atoms with van der Waals surface area (Å²) in [5.41, 5.74) is 3.07. The highest BCUT2D eigenvalue weighted by Gasteiger charge is 2.39. The summed E-state index contributed by atoms with van der Waals surface area (Å²) < 4.78 is 5.29. The number of ether oxygens (including phenoxy) is 1. The number of likely N-dealkylation sites (tertiary alicyclic amines) is 1. The average Bonchev–Trinajstić information content (AvgIpc) is 3.28. The molecule has 39 heavy (non-hydrogen) atoms. The molecule has 2 aromatic carbocycles. The van der Waals surface area contributed by atoms with E-state index in [0.717, 1.165) is 24.0 Å². The van der Waals surface area contributed by atoms with Crippen molar-refractivity contribution in [2.45, 2.75) is 38.3 Å². The summed E-state index contributed by atoms with van der Waals surface area (Å²) in [4.78, 5) is 64.0. The van der Waals surface area contributed by atoms with Gasteiger partial charge in [0.2, 0.25) is 18.2 Å². The standard InChI is InChI=1S/C29H28N4O6/c1-39-25-15-20(7-8-23(25)30-17-34)28(37)32-13-11-18(12-14-32)5-6-19-3-2-4-21-22(19)16-33(29(21)38)24-9-10-26(35)31-27(24)36/h2-4,7-8,15,17-18,24H,9-14,16H2,1H3,(H,30,34)(H,31,35,36). The van der Waals surface area contributed by atoms with Crippen molar-refractivity contribution in [1.29, 1.82) is 0 Å². The van der Waals surface area contributed by atoms with Crippen molar-refractivity contribution >= 4 is 35.7 Å². The first kappa shape index (κ1) is 26.0. The Hall–Kier alpha value is -4.65. The molecule has 2 fully saturated rings. The third-order valence-electron chi connectivity index (χ3n) is 7.44. The van der Waals surface area contributed by atoms with E-state index in [1.165, 1.54) is 12.0 Å². The van der Waals surface area contributed by atoms with E-state index in [2.05, 4.69) is 22.5 Å². The smallest absolute Gasteiger partial charge is 0.255 e. The molecular formula is C29H28N4O6. The highest BCUT2D eigenvalue weighted by Crippen LogP contribution is 2.30. The number of benzene rings is 2. The van der Waals surface area contributed by atoms with E-state index in [-0.39, 0.29) is 36.6 Å². The molecule has 3 aliphatic rings. The molecule has 2 aromatic rings. The quantitative estimate of drug-likeness (QED) is 0.347. The minimum absolute atomic E-state index is 0.0990. The minimum Gasteiger partial charge on any atom is -0.495 e. The number of nitrogens with zero attached hydrogens (tertiary/aromatic N) is 2. The first-order chi connectivity index (χ1) is 18.9. The minimum atomic E-state index is -0.664. The third-order valence-corrected chi connectivity index (χ3v) is 7.44. The lowest BCUT2D eigenvalue weighted by molar-refractivity contribution is -0.136. The van der Waals surface area contributed by atoms with Crippen LogP contribution in [-0.4, -0.2) is 66.1 Å². The molecule has 5 rings (SSSR count). The van der Waals surface area contributed by atoms with Gasteiger partial charge in [-0.05, 0) is 55.2 Å². The molecule has 10 nitrogen and oxygen atoms in total. The van der Waals surface area contributed by atoms with E-state index in [1.807, 2.05) is 6.07 Å². The Morgan fingerprint density at radius 2 is 1.92 bits per heavy atom. The second kappa shape index (κ2) is 11.0. The average molecular weight is 529 g/mol. The first-order valence-corrected chi connectivity index (χ1v) is 12.8. The van der Waals surface area contributed by atoms with Gasteiger partial charge in [0.05, 0.1) is 12.8 Å². The number of carbonyl (C=O) groups excluding carboxylic acids is 5. The summed E-state index contributed by atoms with van der Waals surface area (Å²) in [5, 5.41) is 4.87. The fraction of sp³-hybridized carbons (Fsp3) is 0.345. The molecule has 0 bridgehead atoms. The molecule has 0 spiro atoms. The molecule has 0 aromatic heterocycles. The van der Waals surface area contributed by atoms with Crippen LogP contribution in [0.4, 0.5) is 5.69 Å². The number of methoxy groups -OCH3 is 1. The molecule has 3 aliphatic heterocycles. The van der Waals surface area contributed by atoms with Crippen molar-refractivity contribution in [2.75, 3.05) is 25.5 Å². The molecule has 1 atom stereocenters. The Balaban J connectivity index is 1.23. The number of rotatable bonds is 5. The Bertz CT molecular complexity index is 1420. The number of imide groups is 1. The molecule has 1 unspecified atom stereocenters. The maximum atomic E-state index is 13.0. The van der Waals surface area contributed by atoms with Gasteiger partial charge in [0.15, 0.2) is 0 Å². The number of carbonyl (C=O) groups is 5. The molecule has 5 amide bonds. The molecular weight excluding hydrogens is 500 g/mol. The van der Waals surface area contributed by atoms with Crippen LogP contribution in [0.1, 0.15) is 57.5 Å². The molecule has 3 heterocycles. The van der Waals surface area contributed by atoms with Gasteiger partial charge in [-0.25, -0.2) is 0 Å². The van der Waals surface area contributed by atoms with Crippen LogP contribution >= 0.6 is 0 Å². The van der Waals surface area contributed by atoms with E-state index in [0.29, 0.717) is 48.5 Å². The highest BCUT2D eigenvalue weighted by atomic mass is 16.5. The van der Waals surface area contributed by atoms with Crippen LogP contribution < -0.4 is 15.4 Å². The van der Waals surface area contributed by atoms with Crippen LogP contribution in [-0.2, 0) is 20.9 Å². The fourth-order valence-electron chi connectivity index (χ4n) is 5.30. The second-order valence-corrected chi connectivity index (χ2v) is 9.74.